The number of aromatic nitrogens is 2. The number of hydrogen-bond acceptors (Lipinski definition) is 2. The van der Waals surface area contributed by atoms with Crippen LogP contribution in [0.25, 0.3) is 16.6 Å². The zero-order valence-electron chi connectivity index (χ0n) is 15.0. The summed E-state index contributed by atoms with van der Waals surface area (Å²) in [6, 6.07) is 11.4. The van der Waals surface area contributed by atoms with Crippen molar-refractivity contribution in [3.63, 3.8) is 0 Å². The molecule has 0 bridgehead atoms. The highest BCUT2D eigenvalue weighted by Gasteiger charge is 2.56. The van der Waals surface area contributed by atoms with Crippen LogP contribution in [0.5, 0.6) is 0 Å². The van der Waals surface area contributed by atoms with Crippen LogP contribution >= 0.6 is 11.6 Å². The summed E-state index contributed by atoms with van der Waals surface area (Å²) < 4.78 is 70.3. The largest absolute Gasteiger partial charge is 0.425 e. The summed E-state index contributed by atoms with van der Waals surface area (Å²) in [5, 5.41) is 14.6. The first-order valence-corrected chi connectivity index (χ1v) is 8.98. The van der Waals surface area contributed by atoms with E-state index in [0.29, 0.717) is 11.2 Å². The van der Waals surface area contributed by atoms with Crippen molar-refractivity contribution in [1.82, 2.24) is 9.78 Å². The lowest BCUT2D eigenvalue weighted by Crippen LogP contribution is -2.43. The monoisotopic (exact) mass is 438 g/mol. The molecule has 3 aromatic carbocycles. The van der Waals surface area contributed by atoms with Gasteiger partial charge in [0.05, 0.1) is 22.4 Å². The molecule has 0 saturated heterocycles. The molecule has 0 aliphatic carbocycles. The number of benzene rings is 3. The highest BCUT2D eigenvalue weighted by molar-refractivity contribution is 6.30. The Morgan fingerprint density at radius 2 is 1.60 bits per heavy atom. The summed E-state index contributed by atoms with van der Waals surface area (Å²) in [5.74, 6) is -1.40. The third-order valence-corrected chi connectivity index (χ3v) is 5.08. The topological polar surface area (TPSA) is 38.1 Å². The minimum atomic E-state index is -5.12. The van der Waals surface area contributed by atoms with Crippen LogP contribution in [0.2, 0.25) is 5.02 Å². The Kier molecular flexibility index (Phi) is 4.79. The highest BCUT2D eigenvalue weighted by atomic mass is 35.5. The Balaban J connectivity index is 1.88. The predicted molar refractivity (Wildman–Crippen MR) is 101 cm³/mol. The Hall–Kier alpha value is -2.97. The standard InChI is InChI=1S/C21H12ClF5N2O/c22-17-9-14(4-6-18(17)24)20(30,21(25,26)27)13-5-7-19-12(8-13)11-28-29(19)16-3-1-2-15(23)10-16/h1-11,30H. The van der Waals surface area contributed by atoms with E-state index in [0.717, 1.165) is 30.3 Å². The van der Waals surface area contributed by atoms with Gasteiger partial charge in [-0.3, -0.25) is 0 Å². The van der Waals surface area contributed by atoms with Crippen LogP contribution in [0, 0.1) is 11.6 Å². The molecule has 9 heteroatoms. The number of rotatable bonds is 3. The SMILES string of the molecule is OC(c1ccc(F)c(Cl)c1)(c1ccc2c(cnn2-c2cccc(F)c2)c1)C(F)(F)F. The van der Waals surface area contributed by atoms with Crippen molar-refractivity contribution in [2.24, 2.45) is 0 Å². The molecule has 1 unspecified atom stereocenters. The van der Waals surface area contributed by atoms with Gasteiger partial charge in [0.25, 0.3) is 0 Å². The fourth-order valence-corrected chi connectivity index (χ4v) is 3.47. The summed E-state index contributed by atoms with van der Waals surface area (Å²) in [6.07, 6.45) is -3.82. The van der Waals surface area contributed by atoms with Crippen LogP contribution in [-0.4, -0.2) is 21.1 Å². The van der Waals surface area contributed by atoms with E-state index in [1.807, 2.05) is 0 Å². The molecule has 0 radical (unpaired) electrons. The smallest absolute Gasteiger partial charge is 0.372 e. The van der Waals surface area contributed by atoms with E-state index in [4.69, 9.17) is 11.6 Å². The molecule has 1 heterocycles. The summed E-state index contributed by atoms with van der Waals surface area (Å²) in [6.45, 7) is 0. The van der Waals surface area contributed by atoms with Crippen molar-refractivity contribution in [3.05, 3.63) is 94.6 Å². The molecule has 0 aliphatic heterocycles. The molecule has 1 aromatic heterocycles. The molecule has 4 aromatic rings. The van der Waals surface area contributed by atoms with E-state index < -0.39 is 39.6 Å². The number of hydrogen-bond donors (Lipinski definition) is 1. The second-order valence-corrected chi connectivity index (χ2v) is 7.05. The van der Waals surface area contributed by atoms with Crippen molar-refractivity contribution in [2.45, 2.75) is 11.8 Å². The lowest BCUT2D eigenvalue weighted by atomic mass is 9.85. The van der Waals surface area contributed by atoms with Gasteiger partial charge >= 0.3 is 6.18 Å². The van der Waals surface area contributed by atoms with Crippen molar-refractivity contribution < 1.29 is 27.1 Å². The fourth-order valence-electron chi connectivity index (χ4n) is 3.29. The third-order valence-electron chi connectivity index (χ3n) is 4.79. The Morgan fingerprint density at radius 3 is 2.27 bits per heavy atom. The van der Waals surface area contributed by atoms with Crippen LogP contribution in [0.3, 0.4) is 0 Å². The average Bonchev–Trinajstić information content (AvgIpc) is 3.12. The number of fused-ring (bicyclic) bond motifs is 1. The van der Waals surface area contributed by atoms with Crippen molar-refractivity contribution in [2.75, 3.05) is 0 Å². The van der Waals surface area contributed by atoms with Crippen LogP contribution < -0.4 is 0 Å². The van der Waals surface area contributed by atoms with Gasteiger partial charge in [-0.1, -0.05) is 29.8 Å². The lowest BCUT2D eigenvalue weighted by molar-refractivity contribution is -0.248. The highest BCUT2D eigenvalue weighted by Crippen LogP contribution is 2.45. The number of nitrogens with zero attached hydrogens (tertiary/aromatic N) is 2. The maximum Gasteiger partial charge on any atom is 0.425 e. The van der Waals surface area contributed by atoms with E-state index >= 15 is 0 Å². The van der Waals surface area contributed by atoms with Gasteiger partial charge in [0.2, 0.25) is 5.60 Å². The fraction of sp³-hybridized carbons (Fsp3) is 0.0952. The van der Waals surface area contributed by atoms with E-state index in [9.17, 15) is 27.1 Å². The van der Waals surface area contributed by atoms with E-state index in [-0.39, 0.29) is 5.39 Å². The molecule has 3 nitrogen and oxygen atoms in total. The molecule has 4 rings (SSSR count). The quantitative estimate of drug-likeness (QED) is 0.413. The van der Waals surface area contributed by atoms with E-state index in [1.165, 1.54) is 35.1 Å². The maximum atomic E-state index is 14.0. The number of halogens is 6. The van der Waals surface area contributed by atoms with E-state index in [2.05, 4.69) is 5.10 Å². The van der Waals surface area contributed by atoms with Crippen LogP contribution in [0.1, 0.15) is 11.1 Å². The normalized spacial score (nSPS) is 14.1. The molecule has 154 valence electrons. The van der Waals surface area contributed by atoms with Gasteiger partial charge < -0.3 is 5.11 Å². The van der Waals surface area contributed by atoms with Crippen molar-refractivity contribution in [1.29, 1.82) is 0 Å². The number of alkyl halides is 3. The van der Waals surface area contributed by atoms with Gasteiger partial charge in [0, 0.05) is 5.39 Å². The zero-order valence-corrected chi connectivity index (χ0v) is 15.7. The molecule has 0 amide bonds. The molecule has 1 atom stereocenters. The summed E-state index contributed by atoms with van der Waals surface area (Å²) in [7, 11) is 0. The molecule has 30 heavy (non-hydrogen) atoms. The zero-order chi connectivity index (χ0) is 21.7. The summed E-state index contributed by atoms with van der Waals surface area (Å²) >= 11 is 5.64. The molecule has 0 aliphatic rings. The first-order valence-electron chi connectivity index (χ1n) is 8.60. The molecule has 0 saturated carbocycles. The summed E-state index contributed by atoms with van der Waals surface area (Å²) in [4.78, 5) is 0. The molecule has 0 fully saturated rings. The van der Waals surface area contributed by atoms with Crippen LogP contribution in [0.15, 0.2) is 66.9 Å². The first kappa shape index (κ1) is 20.3. The van der Waals surface area contributed by atoms with Gasteiger partial charge in [-0.2, -0.15) is 18.3 Å². The van der Waals surface area contributed by atoms with Gasteiger partial charge in [-0.05, 0) is 53.6 Å². The second-order valence-electron chi connectivity index (χ2n) is 6.65. The maximum absolute atomic E-state index is 14.0. The molecular formula is C21H12ClF5N2O. The molecular weight excluding hydrogens is 427 g/mol. The van der Waals surface area contributed by atoms with E-state index in [1.54, 1.807) is 6.07 Å². The van der Waals surface area contributed by atoms with Gasteiger partial charge in [-0.25, -0.2) is 13.5 Å². The predicted octanol–water partition coefficient (Wildman–Crippen LogP) is 5.76. The second kappa shape index (κ2) is 7.07. The minimum Gasteiger partial charge on any atom is -0.372 e. The Labute approximate surface area is 171 Å². The Bertz CT molecular complexity index is 1250. The molecule has 1 N–H and O–H groups in total. The average molecular weight is 439 g/mol. The van der Waals surface area contributed by atoms with Gasteiger partial charge in [0.15, 0.2) is 0 Å². The third kappa shape index (κ3) is 3.22. The minimum absolute atomic E-state index is 0.285. The van der Waals surface area contributed by atoms with Gasteiger partial charge in [0.1, 0.15) is 11.6 Å². The summed E-state index contributed by atoms with van der Waals surface area (Å²) in [5.41, 5.74) is -3.76. The Morgan fingerprint density at radius 1 is 0.900 bits per heavy atom. The van der Waals surface area contributed by atoms with Crippen LogP contribution in [-0.2, 0) is 5.60 Å². The lowest BCUT2D eigenvalue weighted by Gasteiger charge is -2.31. The molecule has 0 spiro atoms. The van der Waals surface area contributed by atoms with Crippen molar-refractivity contribution in [3.8, 4) is 5.69 Å². The van der Waals surface area contributed by atoms with Crippen molar-refractivity contribution >= 4 is 22.5 Å². The number of aliphatic hydroxyl groups is 1. The first-order chi connectivity index (χ1) is 14.1. The van der Waals surface area contributed by atoms with Crippen LogP contribution in [0.4, 0.5) is 22.0 Å². The van der Waals surface area contributed by atoms with Gasteiger partial charge in [-0.15, -0.1) is 0 Å².